The predicted octanol–water partition coefficient (Wildman–Crippen LogP) is 0.256. The fourth-order valence-corrected chi connectivity index (χ4v) is 2.04. The molecule has 0 bridgehead atoms. The summed E-state index contributed by atoms with van der Waals surface area (Å²) in [4.78, 5) is 2.55. The summed E-state index contributed by atoms with van der Waals surface area (Å²) in [5.74, 6) is 0. The summed E-state index contributed by atoms with van der Waals surface area (Å²) in [7, 11) is 2.01. The highest BCUT2D eigenvalue weighted by molar-refractivity contribution is 5.00. The molecule has 1 aliphatic heterocycles. The molecule has 0 atom stereocenters. The molecule has 1 N–H and O–H groups in total. The molecule has 2 heterocycles. The van der Waals surface area contributed by atoms with Crippen molar-refractivity contribution in [3.63, 3.8) is 0 Å². The highest BCUT2D eigenvalue weighted by atomic mass is 15.3. The van der Waals surface area contributed by atoms with E-state index in [2.05, 4.69) is 28.3 Å². The fraction of sp³-hybridized carbons (Fsp3) is 0.727. The van der Waals surface area contributed by atoms with Gasteiger partial charge in [-0.3, -0.25) is 9.58 Å². The Balaban J connectivity index is 1.83. The summed E-state index contributed by atoms with van der Waals surface area (Å²) in [6, 6.07) is 2.86. The smallest absolute Gasteiger partial charge is 0.0492 e. The van der Waals surface area contributed by atoms with Gasteiger partial charge in [-0.05, 0) is 12.6 Å². The quantitative estimate of drug-likeness (QED) is 0.753. The van der Waals surface area contributed by atoms with E-state index >= 15 is 0 Å². The Labute approximate surface area is 91.3 Å². The Hall–Kier alpha value is -0.870. The summed E-state index contributed by atoms with van der Waals surface area (Å²) >= 11 is 0. The van der Waals surface area contributed by atoms with Gasteiger partial charge in [0.1, 0.15) is 0 Å². The molecule has 0 aromatic carbocycles. The third kappa shape index (κ3) is 2.38. The monoisotopic (exact) mass is 208 g/mol. The second-order valence-electron chi connectivity index (χ2n) is 4.14. The van der Waals surface area contributed by atoms with Crippen LogP contribution in [0.1, 0.15) is 12.6 Å². The third-order valence-electron chi connectivity index (χ3n) is 3.26. The average molecular weight is 208 g/mol. The lowest BCUT2D eigenvalue weighted by atomic mass is 10.1. The van der Waals surface area contributed by atoms with Crippen LogP contribution in [0.5, 0.6) is 0 Å². The van der Waals surface area contributed by atoms with E-state index < -0.39 is 0 Å². The molecule has 1 saturated heterocycles. The van der Waals surface area contributed by atoms with Crippen molar-refractivity contribution in [2.75, 3.05) is 26.2 Å². The van der Waals surface area contributed by atoms with Crippen LogP contribution < -0.4 is 5.32 Å². The minimum absolute atomic E-state index is 0.753. The van der Waals surface area contributed by atoms with Crippen molar-refractivity contribution in [3.05, 3.63) is 18.0 Å². The van der Waals surface area contributed by atoms with Crippen molar-refractivity contribution in [2.24, 2.45) is 7.05 Å². The number of aromatic nitrogens is 2. The van der Waals surface area contributed by atoms with E-state index in [9.17, 15) is 0 Å². The Kier molecular flexibility index (Phi) is 3.38. The lowest BCUT2D eigenvalue weighted by molar-refractivity contribution is 0.154. The minimum atomic E-state index is 0.753. The Bertz CT molecular complexity index is 303. The number of nitrogens with zero attached hydrogens (tertiary/aromatic N) is 3. The molecular weight excluding hydrogens is 188 g/mol. The van der Waals surface area contributed by atoms with Crippen LogP contribution in [0.4, 0.5) is 0 Å². The first-order chi connectivity index (χ1) is 7.31. The number of hydrogen-bond acceptors (Lipinski definition) is 3. The molecule has 0 spiro atoms. The van der Waals surface area contributed by atoms with Gasteiger partial charge in [0.15, 0.2) is 0 Å². The van der Waals surface area contributed by atoms with Gasteiger partial charge in [0.25, 0.3) is 0 Å². The summed E-state index contributed by atoms with van der Waals surface area (Å²) in [6.07, 6.45) is 2.97. The van der Waals surface area contributed by atoms with Crippen molar-refractivity contribution in [3.8, 4) is 0 Å². The first-order valence-corrected chi connectivity index (χ1v) is 5.73. The number of rotatable bonds is 5. The standard InChI is InChI=1S/C11H20N4/c1-3-15(11-8-12-9-11)7-5-10-4-6-13-14(10)2/h4,6,11-12H,3,5,7-9H2,1-2H3. The van der Waals surface area contributed by atoms with Crippen LogP contribution in [0, 0.1) is 0 Å². The van der Waals surface area contributed by atoms with E-state index in [-0.39, 0.29) is 0 Å². The fourth-order valence-electron chi connectivity index (χ4n) is 2.04. The Morgan fingerprint density at radius 2 is 2.40 bits per heavy atom. The maximum atomic E-state index is 4.19. The normalized spacial score (nSPS) is 17.0. The van der Waals surface area contributed by atoms with Crippen LogP contribution in [0.2, 0.25) is 0 Å². The average Bonchev–Trinajstić information content (AvgIpc) is 2.55. The molecule has 4 heteroatoms. The van der Waals surface area contributed by atoms with Crippen molar-refractivity contribution in [1.82, 2.24) is 20.0 Å². The molecule has 84 valence electrons. The summed E-state index contributed by atoms with van der Waals surface area (Å²) in [6.45, 7) is 6.83. The first-order valence-electron chi connectivity index (χ1n) is 5.73. The molecule has 1 aromatic rings. The molecule has 15 heavy (non-hydrogen) atoms. The maximum absolute atomic E-state index is 4.19. The second-order valence-corrected chi connectivity index (χ2v) is 4.14. The summed E-state index contributed by atoms with van der Waals surface area (Å²) in [5, 5.41) is 7.51. The molecule has 0 radical (unpaired) electrons. The number of aryl methyl sites for hydroxylation is 1. The Morgan fingerprint density at radius 3 is 2.87 bits per heavy atom. The van der Waals surface area contributed by atoms with Gasteiger partial charge in [-0.2, -0.15) is 5.10 Å². The molecule has 1 aromatic heterocycles. The Morgan fingerprint density at radius 1 is 1.60 bits per heavy atom. The SMILES string of the molecule is CCN(CCc1ccnn1C)C1CNC1. The van der Waals surface area contributed by atoms with E-state index in [0.29, 0.717) is 0 Å². The zero-order chi connectivity index (χ0) is 10.7. The van der Waals surface area contributed by atoms with Gasteiger partial charge >= 0.3 is 0 Å². The molecule has 0 aliphatic carbocycles. The van der Waals surface area contributed by atoms with Crippen molar-refractivity contribution < 1.29 is 0 Å². The highest BCUT2D eigenvalue weighted by Crippen LogP contribution is 2.06. The van der Waals surface area contributed by atoms with E-state index in [1.807, 2.05) is 17.9 Å². The second kappa shape index (κ2) is 4.77. The van der Waals surface area contributed by atoms with Crippen LogP contribution >= 0.6 is 0 Å². The lowest BCUT2D eigenvalue weighted by Gasteiger charge is -2.37. The van der Waals surface area contributed by atoms with Crippen LogP contribution in [-0.2, 0) is 13.5 Å². The third-order valence-corrected chi connectivity index (χ3v) is 3.26. The van der Waals surface area contributed by atoms with Crippen LogP contribution in [0.25, 0.3) is 0 Å². The van der Waals surface area contributed by atoms with Crippen molar-refractivity contribution in [1.29, 1.82) is 0 Å². The van der Waals surface area contributed by atoms with Gasteiger partial charge in [-0.15, -0.1) is 0 Å². The predicted molar refractivity (Wildman–Crippen MR) is 60.8 cm³/mol. The van der Waals surface area contributed by atoms with Crippen molar-refractivity contribution in [2.45, 2.75) is 19.4 Å². The zero-order valence-electron chi connectivity index (χ0n) is 9.61. The molecule has 0 amide bonds. The van der Waals surface area contributed by atoms with E-state index in [1.54, 1.807) is 0 Å². The number of likely N-dealkylation sites (N-methyl/N-ethyl adjacent to an activating group) is 1. The summed E-state index contributed by atoms with van der Waals surface area (Å²) < 4.78 is 1.97. The number of hydrogen-bond donors (Lipinski definition) is 1. The molecule has 1 aliphatic rings. The highest BCUT2D eigenvalue weighted by Gasteiger charge is 2.22. The van der Waals surface area contributed by atoms with E-state index in [0.717, 1.165) is 38.6 Å². The van der Waals surface area contributed by atoms with E-state index in [1.165, 1.54) is 5.69 Å². The van der Waals surface area contributed by atoms with Gasteiger partial charge in [0.2, 0.25) is 0 Å². The molecule has 0 unspecified atom stereocenters. The lowest BCUT2D eigenvalue weighted by Crippen LogP contribution is -2.57. The van der Waals surface area contributed by atoms with E-state index in [4.69, 9.17) is 0 Å². The van der Waals surface area contributed by atoms with Gasteiger partial charge in [-0.1, -0.05) is 6.92 Å². The maximum Gasteiger partial charge on any atom is 0.0492 e. The molecule has 4 nitrogen and oxygen atoms in total. The summed E-state index contributed by atoms with van der Waals surface area (Å²) in [5.41, 5.74) is 1.32. The largest absolute Gasteiger partial charge is 0.314 e. The van der Waals surface area contributed by atoms with Gasteiger partial charge < -0.3 is 5.32 Å². The first kappa shape index (κ1) is 10.6. The van der Waals surface area contributed by atoms with Gasteiger partial charge in [0, 0.05) is 51.0 Å². The van der Waals surface area contributed by atoms with Crippen molar-refractivity contribution >= 4 is 0 Å². The van der Waals surface area contributed by atoms with Gasteiger partial charge in [0.05, 0.1) is 0 Å². The number of nitrogens with one attached hydrogen (secondary N) is 1. The molecular formula is C11H20N4. The van der Waals surface area contributed by atoms with Crippen LogP contribution in [0.15, 0.2) is 12.3 Å². The zero-order valence-corrected chi connectivity index (χ0v) is 9.61. The van der Waals surface area contributed by atoms with Gasteiger partial charge in [-0.25, -0.2) is 0 Å². The molecule has 1 fully saturated rings. The van der Waals surface area contributed by atoms with Crippen LogP contribution in [0.3, 0.4) is 0 Å². The minimum Gasteiger partial charge on any atom is -0.314 e. The molecule has 0 saturated carbocycles. The topological polar surface area (TPSA) is 33.1 Å². The van der Waals surface area contributed by atoms with Crippen LogP contribution in [-0.4, -0.2) is 46.9 Å². The molecule has 2 rings (SSSR count).